The van der Waals surface area contributed by atoms with Crippen molar-refractivity contribution in [3.05, 3.63) is 47.8 Å². The average Bonchev–Trinajstić information content (AvgIpc) is 3.23. The van der Waals surface area contributed by atoms with Crippen LogP contribution >= 0.6 is 0 Å². The van der Waals surface area contributed by atoms with Crippen LogP contribution in [0.1, 0.15) is 56.8 Å². The Balaban J connectivity index is 1.93. The predicted molar refractivity (Wildman–Crippen MR) is 94.3 cm³/mol. The van der Waals surface area contributed by atoms with Gasteiger partial charge in [0.1, 0.15) is 0 Å². The number of aromatic nitrogens is 2. The van der Waals surface area contributed by atoms with E-state index < -0.39 is 10.0 Å². The van der Waals surface area contributed by atoms with E-state index in [0.29, 0.717) is 17.4 Å². The van der Waals surface area contributed by atoms with Crippen molar-refractivity contribution in [3.63, 3.8) is 0 Å². The summed E-state index contributed by atoms with van der Waals surface area (Å²) in [5.74, 6) is 0.389. The highest BCUT2D eigenvalue weighted by Crippen LogP contribution is 2.36. The van der Waals surface area contributed by atoms with Crippen LogP contribution in [-0.2, 0) is 16.6 Å². The number of rotatable bonds is 5. The van der Waals surface area contributed by atoms with Crippen LogP contribution in [-0.4, -0.2) is 29.0 Å². The van der Waals surface area contributed by atoms with Crippen LogP contribution in [0, 0.1) is 0 Å². The number of aryl methyl sites for hydroxylation is 1. The molecule has 1 atom stereocenters. The lowest BCUT2D eigenvalue weighted by Gasteiger charge is -2.25. The Morgan fingerprint density at radius 1 is 1.21 bits per heavy atom. The summed E-state index contributed by atoms with van der Waals surface area (Å²) in [6.07, 6.45) is 3.47. The van der Waals surface area contributed by atoms with Gasteiger partial charge < -0.3 is 0 Å². The minimum absolute atomic E-state index is 0.123. The van der Waals surface area contributed by atoms with Gasteiger partial charge in [0.15, 0.2) is 0 Å². The number of sulfonamides is 1. The molecule has 0 bridgehead atoms. The standard InChI is InChI=1S/C18H25N3O2S/c1-4-20-17(11-12-19-20)18-6-5-13-21(18)24(22,23)16-9-7-15(8-10-16)14(2)3/h7-12,14,18H,4-6,13H2,1-3H3/t18-/m0/s1. The lowest BCUT2D eigenvalue weighted by Crippen LogP contribution is -2.31. The van der Waals surface area contributed by atoms with Crippen molar-refractivity contribution in [3.8, 4) is 0 Å². The zero-order chi connectivity index (χ0) is 17.3. The molecule has 0 unspecified atom stereocenters. The van der Waals surface area contributed by atoms with Crippen molar-refractivity contribution in [2.24, 2.45) is 0 Å². The second-order valence-corrected chi connectivity index (χ2v) is 8.46. The third kappa shape index (κ3) is 3.00. The molecule has 1 saturated heterocycles. The highest BCUT2D eigenvalue weighted by Gasteiger charge is 2.37. The van der Waals surface area contributed by atoms with Gasteiger partial charge in [0, 0.05) is 19.3 Å². The summed E-state index contributed by atoms with van der Waals surface area (Å²) in [4.78, 5) is 0.376. The zero-order valence-corrected chi connectivity index (χ0v) is 15.3. The van der Waals surface area contributed by atoms with Crippen molar-refractivity contribution in [2.45, 2.75) is 57.0 Å². The Morgan fingerprint density at radius 2 is 1.92 bits per heavy atom. The van der Waals surface area contributed by atoms with Crippen molar-refractivity contribution < 1.29 is 8.42 Å². The smallest absolute Gasteiger partial charge is 0.243 e. The summed E-state index contributed by atoms with van der Waals surface area (Å²) in [7, 11) is -3.49. The Bertz CT molecular complexity index is 794. The molecule has 5 nitrogen and oxygen atoms in total. The Morgan fingerprint density at radius 3 is 2.54 bits per heavy atom. The molecule has 0 N–H and O–H groups in total. The highest BCUT2D eigenvalue weighted by molar-refractivity contribution is 7.89. The molecule has 2 heterocycles. The van der Waals surface area contributed by atoms with Gasteiger partial charge in [-0.15, -0.1) is 0 Å². The van der Waals surface area contributed by atoms with E-state index in [-0.39, 0.29) is 6.04 Å². The molecular formula is C18H25N3O2S. The van der Waals surface area contributed by atoms with Crippen LogP contribution in [0.3, 0.4) is 0 Å². The van der Waals surface area contributed by atoms with E-state index >= 15 is 0 Å². The largest absolute Gasteiger partial charge is 0.268 e. The number of hydrogen-bond acceptors (Lipinski definition) is 3. The van der Waals surface area contributed by atoms with E-state index in [9.17, 15) is 8.42 Å². The molecule has 24 heavy (non-hydrogen) atoms. The molecule has 0 spiro atoms. The maximum atomic E-state index is 13.1. The molecule has 1 aromatic carbocycles. The van der Waals surface area contributed by atoms with Crippen LogP contribution < -0.4 is 0 Å². The molecule has 3 rings (SSSR count). The van der Waals surface area contributed by atoms with E-state index in [1.807, 2.05) is 29.8 Å². The summed E-state index contributed by atoms with van der Waals surface area (Å²) >= 11 is 0. The van der Waals surface area contributed by atoms with Crippen LogP contribution in [0.5, 0.6) is 0 Å². The normalized spacial score (nSPS) is 19.2. The van der Waals surface area contributed by atoms with E-state index in [1.165, 1.54) is 0 Å². The molecule has 1 aliphatic rings. The molecule has 0 radical (unpaired) electrons. The maximum absolute atomic E-state index is 13.1. The molecule has 0 amide bonds. The van der Waals surface area contributed by atoms with Crippen molar-refractivity contribution in [2.75, 3.05) is 6.54 Å². The van der Waals surface area contributed by atoms with Crippen molar-refractivity contribution >= 4 is 10.0 Å². The first-order valence-corrected chi connectivity index (χ1v) is 10.0. The van der Waals surface area contributed by atoms with Gasteiger partial charge in [-0.2, -0.15) is 9.40 Å². The zero-order valence-electron chi connectivity index (χ0n) is 14.5. The van der Waals surface area contributed by atoms with Crippen LogP contribution in [0.25, 0.3) is 0 Å². The van der Waals surface area contributed by atoms with Gasteiger partial charge in [0.05, 0.1) is 16.6 Å². The molecule has 0 saturated carbocycles. The van der Waals surface area contributed by atoms with Gasteiger partial charge in [-0.05, 0) is 49.4 Å². The lowest BCUT2D eigenvalue weighted by atomic mass is 10.0. The fourth-order valence-corrected chi connectivity index (χ4v) is 5.04. The second-order valence-electron chi connectivity index (χ2n) is 6.57. The molecule has 1 fully saturated rings. The summed E-state index contributed by atoms with van der Waals surface area (Å²) in [5, 5.41) is 4.29. The number of nitrogens with zero attached hydrogens (tertiary/aromatic N) is 3. The monoisotopic (exact) mass is 347 g/mol. The quantitative estimate of drug-likeness (QED) is 0.831. The number of hydrogen-bond donors (Lipinski definition) is 0. The van der Waals surface area contributed by atoms with E-state index in [2.05, 4.69) is 18.9 Å². The summed E-state index contributed by atoms with van der Waals surface area (Å²) < 4.78 is 29.8. The van der Waals surface area contributed by atoms with Crippen LogP contribution in [0.2, 0.25) is 0 Å². The molecule has 1 aromatic heterocycles. The average molecular weight is 347 g/mol. The molecule has 1 aliphatic heterocycles. The maximum Gasteiger partial charge on any atom is 0.243 e. The lowest BCUT2D eigenvalue weighted by molar-refractivity contribution is 0.376. The van der Waals surface area contributed by atoms with Crippen LogP contribution in [0.15, 0.2) is 41.4 Å². The molecule has 0 aliphatic carbocycles. The summed E-state index contributed by atoms with van der Waals surface area (Å²) in [6, 6.07) is 9.11. The van der Waals surface area contributed by atoms with Gasteiger partial charge in [-0.3, -0.25) is 4.68 Å². The topological polar surface area (TPSA) is 55.2 Å². The highest BCUT2D eigenvalue weighted by atomic mass is 32.2. The fraction of sp³-hybridized carbons (Fsp3) is 0.500. The first kappa shape index (κ1) is 17.2. The first-order valence-electron chi connectivity index (χ1n) is 8.58. The first-order chi connectivity index (χ1) is 11.4. The van der Waals surface area contributed by atoms with Crippen LogP contribution in [0.4, 0.5) is 0 Å². The molecular weight excluding hydrogens is 322 g/mol. The third-order valence-corrected chi connectivity index (χ3v) is 6.67. The van der Waals surface area contributed by atoms with E-state index in [1.54, 1.807) is 22.6 Å². The van der Waals surface area contributed by atoms with Gasteiger partial charge in [-0.1, -0.05) is 26.0 Å². The summed E-state index contributed by atoms with van der Waals surface area (Å²) in [5.41, 5.74) is 2.13. The Hall–Kier alpha value is -1.66. The number of benzene rings is 1. The van der Waals surface area contributed by atoms with Gasteiger partial charge in [-0.25, -0.2) is 8.42 Å². The van der Waals surface area contributed by atoms with E-state index in [0.717, 1.165) is 30.6 Å². The third-order valence-electron chi connectivity index (χ3n) is 4.75. The van der Waals surface area contributed by atoms with Gasteiger partial charge in [0.2, 0.25) is 10.0 Å². The van der Waals surface area contributed by atoms with Crippen molar-refractivity contribution in [1.82, 2.24) is 14.1 Å². The Kier molecular flexibility index (Phi) is 4.78. The predicted octanol–water partition coefficient (Wildman–Crippen LogP) is 3.55. The van der Waals surface area contributed by atoms with E-state index in [4.69, 9.17) is 0 Å². The second kappa shape index (κ2) is 6.69. The molecule has 6 heteroatoms. The minimum atomic E-state index is -3.49. The molecule has 2 aromatic rings. The van der Waals surface area contributed by atoms with Crippen molar-refractivity contribution in [1.29, 1.82) is 0 Å². The SMILES string of the molecule is CCn1nccc1[C@@H]1CCCN1S(=O)(=O)c1ccc(C(C)C)cc1. The fourth-order valence-electron chi connectivity index (χ4n) is 3.37. The van der Waals surface area contributed by atoms with Gasteiger partial charge in [0.25, 0.3) is 0 Å². The molecule has 130 valence electrons. The summed E-state index contributed by atoms with van der Waals surface area (Å²) in [6.45, 7) is 7.54. The minimum Gasteiger partial charge on any atom is -0.268 e. The van der Waals surface area contributed by atoms with Gasteiger partial charge >= 0.3 is 0 Å². The Labute approximate surface area is 144 Å².